The summed E-state index contributed by atoms with van der Waals surface area (Å²) < 4.78 is 0. The highest BCUT2D eigenvalue weighted by Gasteiger charge is 2.13. The first-order valence-corrected chi connectivity index (χ1v) is 20.4. The molecular weight excluding hydrogens is 617 g/mol. The minimum Gasteiger partial charge on any atom is -0.386 e. The maximum atomic E-state index is 10.1. The van der Waals surface area contributed by atoms with Crippen molar-refractivity contribution in [2.75, 3.05) is 0 Å². The highest BCUT2D eigenvalue weighted by atomic mass is 16.3. The zero-order chi connectivity index (χ0) is 38.5. The maximum Gasteiger partial charge on any atom is 0.0800 e. The number of allylic oxidation sites excluding steroid dienone is 18. The van der Waals surface area contributed by atoms with E-state index in [4.69, 9.17) is 0 Å². The fourth-order valence-corrected chi connectivity index (χ4v) is 5.94. The van der Waals surface area contributed by atoms with Gasteiger partial charge in [-0.2, -0.15) is 0 Å². The zero-order valence-electron chi connectivity index (χ0n) is 35.7. The van der Waals surface area contributed by atoms with Crippen molar-refractivity contribution in [1.29, 1.82) is 0 Å². The van der Waals surface area contributed by atoms with Gasteiger partial charge in [-0.25, -0.2) is 0 Å². The zero-order valence-corrected chi connectivity index (χ0v) is 35.7. The predicted molar refractivity (Wildman–Crippen MR) is 233 cm³/mol. The van der Waals surface area contributed by atoms with Crippen LogP contribution < -0.4 is 0 Å². The molecule has 0 radical (unpaired) electrons. The smallest absolute Gasteiger partial charge is 0.0800 e. The molecule has 1 N–H and O–H groups in total. The van der Waals surface area contributed by atoms with Gasteiger partial charge in [0.15, 0.2) is 0 Å². The molecule has 0 amide bonds. The van der Waals surface area contributed by atoms with Gasteiger partial charge in [-0.3, -0.25) is 0 Å². The summed E-state index contributed by atoms with van der Waals surface area (Å²) in [6.07, 6.45) is 43.4. The molecule has 51 heavy (non-hydrogen) atoms. The van der Waals surface area contributed by atoms with E-state index >= 15 is 0 Å². The van der Waals surface area contributed by atoms with Crippen LogP contribution in [0.1, 0.15) is 192 Å². The van der Waals surface area contributed by atoms with Crippen molar-refractivity contribution < 1.29 is 5.11 Å². The van der Waals surface area contributed by atoms with Crippen LogP contribution in [0.15, 0.2) is 117 Å². The van der Waals surface area contributed by atoms with Crippen molar-refractivity contribution in [2.24, 2.45) is 0 Å². The van der Waals surface area contributed by atoms with E-state index in [1.54, 1.807) is 6.08 Å². The molecule has 0 heterocycles. The lowest BCUT2D eigenvalue weighted by Gasteiger charge is -2.16. The van der Waals surface area contributed by atoms with Gasteiger partial charge in [-0.15, -0.1) is 6.58 Å². The van der Waals surface area contributed by atoms with Crippen LogP contribution >= 0.6 is 0 Å². The lowest BCUT2D eigenvalue weighted by Crippen LogP contribution is -2.19. The first kappa shape index (κ1) is 48.4. The molecule has 1 heteroatoms. The van der Waals surface area contributed by atoms with Gasteiger partial charge in [0, 0.05) is 0 Å². The summed E-state index contributed by atoms with van der Waals surface area (Å²) >= 11 is 0. The molecule has 0 aliphatic carbocycles. The van der Waals surface area contributed by atoms with Gasteiger partial charge in [0.1, 0.15) is 0 Å². The molecular formula is C50H82O. The molecule has 0 spiro atoms. The lowest BCUT2D eigenvalue weighted by atomic mass is 9.99. The van der Waals surface area contributed by atoms with Gasteiger partial charge in [0.25, 0.3) is 0 Å². The quantitative estimate of drug-likeness (QED) is 0.0807. The standard InChI is InChI=1S/C50H82O/c1-13-50(12,51)40-22-39-49(11)38-21-37-48(10)36-20-35-47(9)34-19-33-46(8)32-18-31-45(7)30-17-29-44(6)28-16-27-43(5)26-15-25-42(4)24-14-23-41(2)3/h13,23,25,27,29,31,33,35,37,39,51H,1,14-22,24,26,28,30,32,34,36,38,40H2,2-12H3/b42-25+,43-27+,44-29+,45-31-,46-33+,47-35+,48-37+,49-39+. The molecule has 0 rings (SSSR count). The van der Waals surface area contributed by atoms with E-state index in [9.17, 15) is 5.11 Å². The molecule has 0 bridgehead atoms. The Kier molecular flexibility index (Phi) is 28.3. The second-order valence-electron chi connectivity index (χ2n) is 16.1. The molecule has 288 valence electrons. The van der Waals surface area contributed by atoms with E-state index < -0.39 is 5.60 Å². The Labute approximate surface area is 319 Å². The molecule has 0 saturated heterocycles. The summed E-state index contributed by atoms with van der Waals surface area (Å²) in [5.41, 5.74) is 12.7. The topological polar surface area (TPSA) is 20.2 Å². The second-order valence-corrected chi connectivity index (χ2v) is 16.1. The maximum absolute atomic E-state index is 10.1. The Morgan fingerprint density at radius 3 is 0.765 bits per heavy atom. The SMILES string of the molecule is C=CC(C)(O)CC/C=C(\C)CC/C=C(\C)CC/C=C(\C)CC/C=C(\C)CC/C=C(/C)CC/C=C(\C)CC/C=C(\C)CC/C=C(\C)CCC=C(C)C. The van der Waals surface area contributed by atoms with Crippen LogP contribution in [-0.4, -0.2) is 10.7 Å². The van der Waals surface area contributed by atoms with Gasteiger partial charge in [-0.05, 0) is 192 Å². The molecule has 0 aromatic heterocycles. The monoisotopic (exact) mass is 699 g/mol. The van der Waals surface area contributed by atoms with Gasteiger partial charge in [0.2, 0.25) is 0 Å². The van der Waals surface area contributed by atoms with Crippen LogP contribution in [0, 0.1) is 0 Å². The van der Waals surface area contributed by atoms with Gasteiger partial charge in [0.05, 0.1) is 5.60 Å². The average Bonchev–Trinajstić information content (AvgIpc) is 3.04. The third-order valence-corrected chi connectivity index (χ3v) is 9.89. The summed E-state index contributed by atoms with van der Waals surface area (Å²) in [6, 6.07) is 0. The molecule has 0 fully saturated rings. The Morgan fingerprint density at radius 1 is 0.373 bits per heavy atom. The van der Waals surface area contributed by atoms with Gasteiger partial charge < -0.3 is 5.11 Å². The fourth-order valence-electron chi connectivity index (χ4n) is 5.94. The molecule has 0 saturated carbocycles. The number of hydrogen-bond donors (Lipinski definition) is 1. The summed E-state index contributed by atoms with van der Waals surface area (Å²) in [6.45, 7) is 28.1. The van der Waals surface area contributed by atoms with Crippen LogP contribution in [0.5, 0.6) is 0 Å². The van der Waals surface area contributed by atoms with Crippen molar-refractivity contribution in [1.82, 2.24) is 0 Å². The first-order chi connectivity index (χ1) is 24.1. The van der Waals surface area contributed by atoms with Crippen molar-refractivity contribution in [2.45, 2.75) is 197 Å². The highest BCUT2D eigenvalue weighted by molar-refractivity contribution is 5.11. The van der Waals surface area contributed by atoms with Crippen molar-refractivity contribution in [3.05, 3.63) is 117 Å². The van der Waals surface area contributed by atoms with Crippen molar-refractivity contribution in [3.8, 4) is 0 Å². The molecule has 0 aliphatic heterocycles. The van der Waals surface area contributed by atoms with Crippen molar-refractivity contribution >= 4 is 0 Å². The average molecular weight is 699 g/mol. The minimum atomic E-state index is -0.761. The van der Waals surface area contributed by atoms with E-state index in [1.165, 1.54) is 95.1 Å². The van der Waals surface area contributed by atoms with E-state index in [0.29, 0.717) is 0 Å². The fraction of sp³-hybridized carbons (Fsp3) is 0.600. The third kappa shape index (κ3) is 31.8. The largest absolute Gasteiger partial charge is 0.386 e. The lowest BCUT2D eigenvalue weighted by molar-refractivity contribution is 0.103. The molecule has 1 atom stereocenters. The molecule has 0 aromatic carbocycles. The van der Waals surface area contributed by atoms with E-state index in [0.717, 1.165) is 70.6 Å². The van der Waals surface area contributed by atoms with Crippen LogP contribution in [0.3, 0.4) is 0 Å². The van der Waals surface area contributed by atoms with Crippen LogP contribution in [0.2, 0.25) is 0 Å². The Hall–Kier alpha value is -2.64. The van der Waals surface area contributed by atoms with E-state index in [2.05, 4.69) is 131 Å². The predicted octanol–water partition coefficient (Wildman–Crippen LogP) is 16.5. The molecule has 0 aliphatic rings. The van der Waals surface area contributed by atoms with Gasteiger partial charge >= 0.3 is 0 Å². The van der Waals surface area contributed by atoms with Crippen LogP contribution in [0.4, 0.5) is 0 Å². The summed E-state index contributed by atoms with van der Waals surface area (Å²) in [7, 11) is 0. The normalized spacial score (nSPS) is 15.7. The second kappa shape index (κ2) is 29.9. The molecule has 1 unspecified atom stereocenters. The summed E-state index contributed by atoms with van der Waals surface area (Å²) in [5.74, 6) is 0. The van der Waals surface area contributed by atoms with Crippen LogP contribution in [-0.2, 0) is 0 Å². The summed E-state index contributed by atoms with van der Waals surface area (Å²) in [4.78, 5) is 0. The Balaban J connectivity index is 4.25. The Morgan fingerprint density at radius 2 is 0.569 bits per heavy atom. The van der Waals surface area contributed by atoms with E-state index in [1.807, 2.05) is 6.92 Å². The number of hydrogen-bond acceptors (Lipinski definition) is 1. The summed E-state index contributed by atoms with van der Waals surface area (Å²) in [5, 5.41) is 10.1. The van der Waals surface area contributed by atoms with Crippen LogP contribution in [0.25, 0.3) is 0 Å². The van der Waals surface area contributed by atoms with Crippen molar-refractivity contribution in [3.63, 3.8) is 0 Å². The number of rotatable bonds is 28. The first-order valence-electron chi connectivity index (χ1n) is 20.4. The number of aliphatic hydroxyl groups is 1. The molecule has 1 nitrogen and oxygen atoms in total. The highest BCUT2D eigenvalue weighted by Crippen LogP contribution is 2.19. The third-order valence-electron chi connectivity index (χ3n) is 9.89. The minimum absolute atomic E-state index is 0.731. The molecule has 0 aromatic rings. The van der Waals surface area contributed by atoms with Gasteiger partial charge in [-0.1, -0.05) is 111 Å². The Bertz CT molecular complexity index is 1260. The van der Waals surface area contributed by atoms with E-state index in [-0.39, 0.29) is 0 Å².